The summed E-state index contributed by atoms with van der Waals surface area (Å²) >= 11 is 1.59. The number of nitrogens with one attached hydrogen (secondary N) is 1. The fourth-order valence-electron chi connectivity index (χ4n) is 4.02. The molecule has 6 nitrogen and oxygen atoms in total. The quantitative estimate of drug-likeness (QED) is 0.768. The molecule has 1 N–H and O–H groups in total. The molecule has 0 spiro atoms. The number of morpholine rings is 1. The predicted molar refractivity (Wildman–Crippen MR) is 116 cm³/mol. The molecule has 0 radical (unpaired) electrons. The van der Waals surface area contributed by atoms with Crippen LogP contribution in [-0.2, 0) is 28.9 Å². The standard InChI is InChI=1S/C23H28N2O4S/c1-2-29-19-5-3-4-16(12-19)15-24-22(26)17-6-7-20-18(13-17)14-21(30-20)23(27)25-8-10-28-11-9-25/h3-5,12,14,17H,2,6-11,13,15H2,1H3,(H,24,26)/t17-/m1/s1. The number of rotatable bonds is 6. The number of carbonyl (C=O) groups excluding carboxylic acids is 2. The van der Waals surface area contributed by atoms with Crippen molar-refractivity contribution in [1.82, 2.24) is 10.2 Å². The Morgan fingerprint density at radius 3 is 2.90 bits per heavy atom. The van der Waals surface area contributed by atoms with Crippen LogP contribution in [0.4, 0.5) is 0 Å². The van der Waals surface area contributed by atoms with Crippen molar-refractivity contribution in [2.24, 2.45) is 5.92 Å². The molecule has 2 amide bonds. The maximum absolute atomic E-state index is 12.8. The fraction of sp³-hybridized carbons (Fsp3) is 0.478. The lowest BCUT2D eigenvalue weighted by molar-refractivity contribution is -0.125. The van der Waals surface area contributed by atoms with Crippen LogP contribution in [0, 0.1) is 5.92 Å². The first kappa shape index (κ1) is 20.9. The maximum atomic E-state index is 12.8. The molecule has 1 aromatic carbocycles. The zero-order chi connectivity index (χ0) is 20.9. The van der Waals surface area contributed by atoms with Crippen LogP contribution in [0.2, 0.25) is 0 Å². The Kier molecular flexibility index (Phi) is 6.69. The molecule has 1 aromatic heterocycles. The molecule has 7 heteroatoms. The van der Waals surface area contributed by atoms with Gasteiger partial charge in [-0.1, -0.05) is 12.1 Å². The molecular formula is C23H28N2O4S. The first-order valence-corrected chi connectivity index (χ1v) is 11.4. The number of hydrogen-bond donors (Lipinski definition) is 1. The van der Waals surface area contributed by atoms with Gasteiger partial charge < -0.3 is 19.7 Å². The number of benzene rings is 1. The number of nitrogens with zero attached hydrogens (tertiary/aromatic N) is 1. The minimum atomic E-state index is -0.0477. The highest BCUT2D eigenvalue weighted by Gasteiger charge is 2.28. The molecule has 1 aliphatic heterocycles. The summed E-state index contributed by atoms with van der Waals surface area (Å²) in [5.41, 5.74) is 2.18. The van der Waals surface area contributed by atoms with Gasteiger partial charge in [0.25, 0.3) is 5.91 Å². The molecule has 1 saturated heterocycles. The fourth-order valence-corrected chi connectivity index (χ4v) is 5.20. The summed E-state index contributed by atoms with van der Waals surface area (Å²) in [6, 6.07) is 9.82. The zero-order valence-corrected chi connectivity index (χ0v) is 18.1. The summed E-state index contributed by atoms with van der Waals surface area (Å²) in [7, 11) is 0. The van der Waals surface area contributed by atoms with Gasteiger partial charge in [-0.05, 0) is 55.5 Å². The van der Waals surface area contributed by atoms with E-state index in [0.29, 0.717) is 45.9 Å². The Labute approximate surface area is 181 Å². The third-order valence-corrected chi connectivity index (χ3v) is 6.86. The number of ether oxygens (including phenoxy) is 2. The molecule has 2 heterocycles. The third kappa shape index (κ3) is 4.84. The molecule has 1 aliphatic carbocycles. The topological polar surface area (TPSA) is 67.9 Å². The van der Waals surface area contributed by atoms with Crippen molar-refractivity contribution in [3.63, 3.8) is 0 Å². The van der Waals surface area contributed by atoms with Crippen molar-refractivity contribution in [3.05, 3.63) is 51.2 Å². The maximum Gasteiger partial charge on any atom is 0.264 e. The van der Waals surface area contributed by atoms with Gasteiger partial charge in [0.05, 0.1) is 24.7 Å². The Morgan fingerprint density at radius 1 is 1.27 bits per heavy atom. The van der Waals surface area contributed by atoms with Crippen molar-refractivity contribution >= 4 is 23.2 Å². The largest absolute Gasteiger partial charge is 0.494 e. The van der Waals surface area contributed by atoms with E-state index >= 15 is 0 Å². The van der Waals surface area contributed by atoms with Crippen LogP contribution in [-0.4, -0.2) is 49.6 Å². The van der Waals surface area contributed by atoms with Crippen LogP contribution in [0.25, 0.3) is 0 Å². The number of fused-ring (bicyclic) bond motifs is 1. The van der Waals surface area contributed by atoms with E-state index < -0.39 is 0 Å². The average Bonchev–Trinajstić information content (AvgIpc) is 3.21. The summed E-state index contributed by atoms with van der Waals surface area (Å²) < 4.78 is 10.9. The van der Waals surface area contributed by atoms with Gasteiger partial charge >= 0.3 is 0 Å². The normalized spacial score (nSPS) is 18.6. The highest BCUT2D eigenvalue weighted by molar-refractivity contribution is 7.14. The lowest BCUT2D eigenvalue weighted by Crippen LogP contribution is -2.40. The summed E-state index contributed by atoms with van der Waals surface area (Å²) in [4.78, 5) is 29.4. The summed E-state index contributed by atoms with van der Waals surface area (Å²) in [6.45, 7) is 5.58. The summed E-state index contributed by atoms with van der Waals surface area (Å²) in [6.07, 6.45) is 2.38. The number of aryl methyl sites for hydroxylation is 1. The monoisotopic (exact) mass is 428 g/mol. The molecule has 0 unspecified atom stereocenters. The van der Waals surface area contributed by atoms with Crippen molar-refractivity contribution in [2.45, 2.75) is 32.7 Å². The molecule has 0 bridgehead atoms. The van der Waals surface area contributed by atoms with E-state index in [4.69, 9.17) is 9.47 Å². The van der Waals surface area contributed by atoms with Crippen molar-refractivity contribution in [3.8, 4) is 5.75 Å². The van der Waals surface area contributed by atoms with Gasteiger partial charge in [-0.15, -0.1) is 11.3 Å². The van der Waals surface area contributed by atoms with Crippen LogP contribution in [0.5, 0.6) is 5.75 Å². The van der Waals surface area contributed by atoms with E-state index in [1.54, 1.807) is 11.3 Å². The highest BCUT2D eigenvalue weighted by atomic mass is 32.1. The summed E-state index contributed by atoms with van der Waals surface area (Å²) in [5, 5.41) is 3.07. The van der Waals surface area contributed by atoms with Crippen molar-refractivity contribution < 1.29 is 19.1 Å². The molecular weight excluding hydrogens is 400 g/mol. The number of carbonyl (C=O) groups is 2. The van der Waals surface area contributed by atoms with Crippen LogP contribution in [0.15, 0.2) is 30.3 Å². The molecule has 30 heavy (non-hydrogen) atoms. The van der Waals surface area contributed by atoms with Gasteiger partial charge in [-0.2, -0.15) is 0 Å². The van der Waals surface area contributed by atoms with Gasteiger partial charge in [0, 0.05) is 30.4 Å². The molecule has 1 fully saturated rings. The summed E-state index contributed by atoms with van der Waals surface area (Å²) in [5.74, 6) is 0.943. The third-order valence-electron chi connectivity index (χ3n) is 5.64. The van der Waals surface area contributed by atoms with Crippen LogP contribution >= 0.6 is 11.3 Å². The van der Waals surface area contributed by atoms with Gasteiger partial charge in [-0.3, -0.25) is 9.59 Å². The minimum Gasteiger partial charge on any atom is -0.494 e. The molecule has 0 saturated carbocycles. The van der Waals surface area contributed by atoms with Crippen LogP contribution in [0.3, 0.4) is 0 Å². The van der Waals surface area contributed by atoms with Gasteiger partial charge in [0.2, 0.25) is 5.91 Å². The van der Waals surface area contributed by atoms with E-state index in [2.05, 4.69) is 5.32 Å². The Morgan fingerprint density at radius 2 is 2.10 bits per heavy atom. The Hall–Kier alpha value is -2.38. The highest BCUT2D eigenvalue weighted by Crippen LogP contribution is 2.33. The SMILES string of the molecule is CCOc1cccc(CNC(=O)[C@@H]2CCc3sc(C(=O)N4CCOCC4)cc3C2)c1. The first-order chi connectivity index (χ1) is 14.6. The second-order valence-electron chi connectivity index (χ2n) is 7.70. The van der Waals surface area contributed by atoms with E-state index in [1.165, 1.54) is 4.88 Å². The second-order valence-corrected chi connectivity index (χ2v) is 8.84. The van der Waals surface area contributed by atoms with E-state index in [9.17, 15) is 9.59 Å². The van der Waals surface area contributed by atoms with Gasteiger partial charge in [0.15, 0.2) is 0 Å². The molecule has 2 aliphatic rings. The molecule has 1 atom stereocenters. The average molecular weight is 429 g/mol. The lowest BCUT2D eigenvalue weighted by atomic mass is 9.87. The van der Waals surface area contributed by atoms with Gasteiger partial charge in [0.1, 0.15) is 5.75 Å². The molecule has 4 rings (SSSR count). The smallest absolute Gasteiger partial charge is 0.264 e. The van der Waals surface area contributed by atoms with E-state index in [0.717, 1.165) is 34.6 Å². The number of amides is 2. The van der Waals surface area contributed by atoms with Crippen LogP contribution in [0.1, 0.15) is 39.0 Å². The Bertz CT molecular complexity index is 904. The zero-order valence-electron chi connectivity index (χ0n) is 17.3. The molecule has 2 aromatic rings. The van der Waals surface area contributed by atoms with Crippen molar-refractivity contribution in [2.75, 3.05) is 32.9 Å². The van der Waals surface area contributed by atoms with E-state index in [1.807, 2.05) is 42.2 Å². The van der Waals surface area contributed by atoms with Crippen molar-refractivity contribution in [1.29, 1.82) is 0 Å². The lowest BCUT2D eigenvalue weighted by Gasteiger charge is -2.26. The number of hydrogen-bond acceptors (Lipinski definition) is 5. The predicted octanol–water partition coefficient (Wildman–Crippen LogP) is 3.04. The Balaban J connectivity index is 1.34. The van der Waals surface area contributed by atoms with Gasteiger partial charge in [-0.25, -0.2) is 0 Å². The number of thiophene rings is 1. The molecule has 160 valence electrons. The van der Waals surface area contributed by atoms with Crippen LogP contribution < -0.4 is 10.1 Å². The first-order valence-electron chi connectivity index (χ1n) is 10.6. The second kappa shape index (κ2) is 9.62. The minimum absolute atomic E-state index is 0.0477. The van der Waals surface area contributed by atoms with E-state index in [-0.39, 0.29) is 17.7 Å².